The molecule has 0 fully saturated rings. The summed E-state index contributed by atoms with van der Waals surface area (Å²) >= 11 is 3.31. The first-order valence-electron chi connectivity index (χ1n) is 7.49. The molecule has 0 spiro atoms. The molecule has 4 nitrogen and oxygen atoms in total. The molecule has 0 saturated carbocycles. The van der Waals surface area contributed by atoms with E-state index in [-0.39, 0.29) is 5.91 Å². The van der Waals surface area contributed by atoms with E-state index in [2.05, 4.69) is 10.4 Å². The number of aryl methyl sites for hydroxylation is 1. The Kier molecular flexibility index (Phi) is 7.08. The maximum atomic E-state index is 12.6. The lowest BCUT2D eigenvalue weighted by molar-refractivity contribution is 0.0776. The smallest absolute Gasteiger partial charge is 0.254 e. The minimum Gasteiger partial charge on any atom is -0.385 e. The zero-order valence-corrected chi connectivity index (χ0v) is 15.4. The van der Waals surface area contributed by atoms with Gasteiger partial charge in [0.05, 0.1) is 16.3 Å². The van der Waals surface area contributed by atoms with Crippen LogP contribution in [0.2, 0.25) is 0 Å². The largest absolute Gasteiger partial charge is 0.385 e. The number of nitrogens with zero attached hydrogens (tertiary/aromatic N) is 2. The van der Waals surface area contributed by atoms with Gasteiger partial charge in [0.2, 0.25) is 0 Å². The van der Waals surface area contributed by atoms with Gasteiger partial charge in [-0.15, -0.1) is 23.1 Å². The molecule has 1 heterocycles. The standard InChI is InChI=1S/C17H22N2O2S2/c1-13-18-14(11-22-13)12-23-16-8-5-4-7-15(16)17(20)19(2)9-6-10-21-3/h4-5,7-8,11H,6,9-10,12H2,1-3H3. The first-order valence-corrected chi connectivity index (χ1v) is 9.35. The summed E-state index contributed by atoms with van der Waals surface area (Å²) in [5.41, 5.74) is 1.82. The van der Waals surface area contributed by atoms with Crippen LogP contribution in [0.4, 0.5) is 0 Å². The number of hydrogen-bond acceptors (Lipinski definition) is 5. The van der Waals surface area contributed by atoms with Gasteiger partial charge in [0.1, 0.15) is 0 Å². The maximum Gasteiger partial charge on any atom is 0.254 e. The van der Waals surface area contributed by atoms with Crippen molar-refractivity contribution in [2.24, 2.45) is 0 Å². The number of thioether (sulfide) groups is 1. The van der Waals surface area contributed by atoms with Gasteiger partial charge in [-0.25, -0.2) is 4.98 Å². The molecule has 6 heteroatoms. The SMILES string of the molecule is COCCCN(C)C(=O)c1ccccc1SCc1csc(C)n1. The molecule has 0 unspecified atom stereocenters. The highest BCUT2D eigenvalue weighted by Crippen LogP contribution is 2.27. The van der Waals surface area contributed by atoms with Gasteiger partial charge in [-0.2, -0.15) is 0 Å². The number of aromatic nitrogens is 1. The van der Waals surface area contributed by atoms with Crippen molar-refractivity contribution in [2.75, 3.05) is 27.3 Å². The van der Waals surface area contributed by atoms with Crippen molar-refractivity contribution in [3.8, 4) is 0 Å². The molecule has 2 aromatic rings. The van der Waals surface area contributed by atoms with Crippen LogP contribution in [0, 0.1) is 6.92 Å². The van der Waals surface area contributed by atoms with Crippen LogP contribution in [0.15, 0.2) is 34.5 Å². The Morgan fingerprint density at radius 3 is 2.87 bits per heavy atom. The van der Waals surface area contributed by atoms with Gasteiger partial charge in [0, 0.05) is 43.3 Å². The topological polar surface area (TPSA) is 42.4 Å². The number of hydrogen-bond donors (Lipinski definition) is 0. The van der Waals surface area contributed by atoms with E-state index < -0.39 is 0 Å². The molecule has 2 rings (SSSR count). The van der Waals surface area contributed by atoms with Crippen LogP contribution >= 0.6 is 23.1 Å². The number of methoxy groups -OCH3 is 1. The highest BCUT2D eigenvalue weighted by Gasteiger charge is 2.15. The molecule has 1 aromatic heterocycles. The summed E-state index contributed by atoms with van der Waals surface area (Å²) in [6.45, 7) is 3.36. The zero-order valence-electron chi connectivity index (χ0n) is 13.7. The van der Waals surface area contributed by atoms with Crippen molar-refractivity contribution in [1.29, 1.82) is 0 Å². The molecular weight excluding hydrogens is 328 g/mol. The third-order valence-corrected chi connectivity index (χ3v) is 5.28. The Hall–Kier alpha value is -1.37. The van der Waals surface area contributed by atoms with Crippen molar-refractivity contribution >= 4 is 29.0 Å². The lowest BCUT2D eigenvalue weighted by Gasteiger charge is -2.18. The lowest BCUT2D eigenvalue weighted by atomic mass is 10.2. The summed E-state index contributed by atoms with van der Waals surface area (Å²) in [5.74, 6) is 0.834. The molecule has 124 valence electrons. The summed E-state index contributed by atoms with van der Waals surface area (Å²) in [6.07, 6.45) is 0.839. The van der Waals surface area contributed by atoms with E-state index in [1.54, 1.807) is 35.1 Å². The van der Waals surface area contributed by atoms with Crippen LogP contribution < -0.4 is 0 Å². The molecular formula is C17H22N2O2S2. The van der Waals surface area contributed by atoms with Crippen LogP contribution in [0.5, 0.6) is 0 Å². The first-order chi connectivity index (χ1) is 11.1. The van der Waals surface area contributed by atoms with Crippen LogP contribution in [0.1, 0.15) is 27.5 Å². The Balaban J connectivity index is 2.02. The molecule has 0 atom stereocenters. The van der Waals surface area contributed by atoms with E-state index >= 15 is 0 Å². The van der Waals surface area contributed by atoms with Crippen molar-refractivity contribution in [3.05, 3.63) is 45.9 Å². The molecule has 1 amide bonds. The third kappa shape index (κ3) is 5.34. The van der Waals surface area contributed by atoms with Crippen molar-refractivity contribution < 1.29 is 9.53 Å². The average molecular weight is 351 g/mol. The Morgan fingerprint density at radius 1 is 1.39 bits per heavy atom. The number of rotatable bonds is 8. The van der Waals surface area contributed by atoms with E-state index in [4.69, 9.17) is 4.74 Å². The molecule has 0 aliphatic heterocycles. The monoisotopic (exact) mass is 350 g/mol. The minimum atomic E-state index is 0.0543. The third-order valence-electron chi connectivity index (χ3n) is 3.35. The molecule has 23 heavy (non-hydrogen) atoms. The van der Waals surface area contributed by atoms with Crippen LogP contribution in [-0.2, 0) is 10.5 Å². The average Bonchev–Trinajstić information content (AvgIpc) is 2.98. The molecule has 0 N–H and O–H groups in total. The van der Waals surface area contributed by atoms with E-state index in [0.29, 0.717) is 13.2 Å². The highest BCUT2D eigenvalue weighted by molar-refractivity contribution is 7.98. The van der Waals surface area contributed by atoms with E-state index in [1.165, 1.54) is 0 Å². The number of thiazole rings is 1. The van der Waals surface area contributed by atoms with Crippen LogP contribution in [0.25, 0.3) is 0 Å². The second kappa shape index (κ2) is 9.05. The van der Waals surface area contributed by atoms with E-state index in [1.807, 2.05) is 38.2 Å². The van der Waals surface area contributed by atoms with Crippen molar-refractivity contribution in [3.63, 3.8) is 0 Å². The van der Waals surface area contributed by atoms with Gasteiger partial charge >= 0.3 is 0 Å². The quantitative estimate of drug-likeness (QED) is 0.536. The van der Waals surface area contributed by atoms with Gasteiger partial charge in [-0.05, 0) is 25.5 Å². The summed E-state index contributed by atoms with van der Waals surface area (Å²) < 4.78 is 5.04. The molecule has 0 radical (unpaired) electrons. The number of carbonyl (C=O) groups is 1. The summed E-state index contributed by atoms with van der Waals surface area (Å²) in [6, 6.07) is 7.77. The van der Waals surface area contributed by atoms with Crippen molar-refractivity contribution in [2.45, 2.75) is 24.0 Å². The lowest BCUT2D eigenvalue weighted by Crippen LogP contribution is -2.28. The van der Waals surface area contributed by atoms with Gasteiger partial charge < -0.3 is 9.64 Å². The Morgan fingerprint density at radius 2 is 2.17 bits per heavy atom. The molecule has 0 bridgehead atoms. The fraction of sp³-hybridized carbons (Fsp3) is 0.412. The number of amides is 1. The first kappa shape index (κ1) is 18.0. The van der Waals surface area contributed by atoms with Gasteiger partial charge in [-0.3, -0.25) is 4.79 Å². The van der Waals surface area contributed by atoms with Crippen LogP contribution in [-0.4, -0.2) is 43.1 Å². The van der Waals surface area contributed by atoms with Gasteiger partial charge in [0.15, 0.2) is 0 Å². The molecule has 0 saturated heterocycles. The molecule has 1 aromatic carbocycles. The van der Waals surface area contributed by atoms with Gasteiger partial charge in [-0.1, -0.05) is 12.1 Å². The highest BCUT2D eigenvalue weighted by atomic mass is 32.2. The number of carbonyl (C=O) groups excluding carboxylic acids is 1. The van der Waals surface area contributed by atoms with Gasteiger partial charge in [0.25, 0.3) is 5.91 Å². The number of benzene rings is 1. The summed E-state index contributed by atoms with van der Waals surface area (Å²) in [4.78, 5) is 19.9. The molecule has 0 aliphatic rings. The normalized spacial score (nSPS) is 10.7. The Bertz CT molecular complexity index is 643. The second-order valence-corrected chi connectivity index (χ2v) is 7.30. The fourth-order valence-corrected chi connectivity index (χ4v) is 3.80. The summed E-state index contributed by atoms with van der Waals surface area (Å²) in [5, 5.41) is 3.15. The predicted octanol–water partition coefficient (Wildman–Crippen LogP) is 3.85. The zero-order chi connectivity index (χ0) is 16.7. The Labute approximate surface area is 145 Å². The van der Waals surface area contributed by atoms with E-state index in [0.717, 1.165) is 33.3 Å². The second-order valence-electron chi connectivity index (χ2n) is 5.22. The molecule has 0 aliphatic carbocycles. The van der Waals surface area contributed by atoms with Crippen LogP contribution in [0.3, 0.4) is 0 Å². The minimum absolute atomic E-state index is 0.0543. The van der Waals surface area contributed by atoms with Crippen molar-refractivity contribution in [1.82, 2.24) is 9.88 Å². The predicted molar refractivity (Wildman–Crippen MR) is 96.3 cm³/mol. The summed E-state index contributed by atoms with van der Waals surface area (Å²) in [7, 11) is 3.51. The van der Waals surface area contributed by atoms with E-state index in [9.17, 15) is 4.79 Å². The number of ether oxygens (including phenoxy) is 1. The fourth-order valence-electron chi connectivity index (χ4n) is 2.15. The maximum absolute atomic E-state index is 12.6.